The van der Waals surface area contributed by atoms with Crippen LogP contribution in [-0.2, 0) is 0 Å². The molecule has 1 rings (SSSR count). The molecule has 1 nitrogen and oxygen atoms in total. The minimum atomic E-state index is 0.00165. The van der Waals surface area contributed by atoms with Gasteiger partial charge in [0.2, 0.25) is 0 Å². The lowest BCUT2D eigenvalue weighted by atomic mass is 9.94. The fourth-order valence-electron chi connectivity index (χ4n) is 2.21. The van der Waals surface area contributed by atoms with Gasteiger partial charge in [0.05, 0.1) is 6.10 Å². The Labute approximate surface area is 86.3 Å². The second-order valence-electron chi connectivity index (χ2n) is 4.18. The predicted molar refractivity (Wildman–Crippen MR) is 60.2 cm³/mol. The first-order valence-electron chi connectivity index (χ1n) is 5.50. The van der Waals surface area contributed by atoms with E-state index in [2.05, 4.69) is 6.26 Å². The van der Waals surface area contributed by atoms with Gasteiger partial charge in [0, 0.05) is 0 Å². The number of aliphatic hydroxyl groups is 1. The van der Waals surface area contributed by atoms with Crippen molar-refractivity contribution in [3.8, 4) is 0 Å². The summed E-state index contributed by atoms with van der Waals surface area (Å²) < 4.78 is 0. The van der Waals surface area contributed by atoms with Crippen LogP contribution >= 0.6 is 11.8 Å². The Morgan fingerprint density at radius 1 is 1.31 bits per heavy atom. The summed E-state index contributed by atoms with van der Waals surface area (Å²) in [4.78, 5) is 0. The molecule has 1 N–H and O–H groups in total. The highest BCUT2D eigenvalue weighted by Crippen LogP contribution is 2.27. The first kappa shape index (κ1) is 11.4. The van der Waals surface area contributed by atoms with Gasteiger partial charge in [0.1, 0.15) is 0 Å². The molecule has 13 heavy (non-hydrogen) atoms. The highest BCUT2D eigenvalue weighted by molar-refractivity contribution is 7.98. The van der Waals surface area contributed by atoms with Crippen LogP contribution in [0.25, 0.3) is 0 Å². The van der Waals surface area contributed by atoms with E-state index in [1.807, 2.05) is 11.8 Å². The van der Waals surface area contributed by atoms with Crippen LogP contribution in [0.4, 0.5) is 0 Å². The van der Waals surface area contributed by atoms with Crippen molar-refractivity contribution >= 4 is 11.8 Å². The molecule has 1 saturated carbocycles. The summed E-state index contributed by atoms with van der Waals surface area (Å²) in [5, 5.41) is 9.61. The molecule has 0 aromatic heterocycles. The van der Waals surface area contributed by atoms with E-state index in [0.717, 1.165) is 18.8 Å². The van der Waals surface area contributed by atoms with Crippen LogP contribution in [0.15, 0.2) is 0 Å². The molecule has 2 atom stereocenters. The summed E-state index contributed by atoms with van der Waals surface area (Å²) in [6.07, 6.45) is 10.9. The molecule has 1 aliphatic carbocycles. The Kier molecular flexibility index (Phi) is 5.88. The topological polar surface area (TPSA) is 20.2 Å². The number of hydrogen-bond donors (Lipinski definition) is 1. The zero-order valence-corrected chi connectivity index (χ0v) is 9.48. The van der Waals surface area contributed by atoms with Gasteiger partial charge in [-0.1, -0.05) is 19.3 Å². The van der Waals surface area contributed by atoms with E-state index >= 15 is 0 Å². The van der Waals surface area contributed by atoms with E-state index in [0.29, 0.717) is 0 Å². The van der Waals surface area contributed by atoms with Crippen molar-refractivity contribution in [2.24, 2.45) is 5.92 Å². The van der Waals surface area contributed by atoms with E-state index in [9.17, 15) is 5.11 Å². The summed E-state index contributed by atoms with van der Waals surface area (Å²) in [7, 11) is 0. The molecule has 1 fully saturated rings. The van der Waals surface area contributed by atoms with Gasteiger partial charge in [0.25, 0.3) is 0 Å². The number of aliphatic hydroxyl groups excluding tert-OH is 1. The molecule has 0 aromatic rings. The number of thioether (sulfide) groups is 1. The molecule has 2 unspecified atom stereocenters. The Morgan fingerprint density at radius 2 is 2.08 bits per heavy atom. The number of hydrogen-bond acceptors (Lipinski definition) is 2. The maximum atomic E-state index is 9.61. The van der Waals surface area contributed by atoms with Gasteiger partial charge in [-0.3, -0.25) is 0 Å². The smallest absolute Gasteiger partial charge is 0.0542 e. The summed E-state index contributed by atoms with van der Waals surface area (Å²) in [5.41, 5.74) is 0. The van der Waals surface area contributed by atoms with Crippen molar-refractivity contribution in [1.29, 1.82) is 0 Å². The average molecular weight is 202 g/mol. The minimum Gasteiger partial charge on any atom is -0.393 e. The van der Waals surface area contributed by atoms with E-state index in [1.54, 1.807) is 0 Å². The van der Waals surface area contributed by atoms with Gasteiger partial charge >= 0.3 is 0 Å². The zero-order valence-electron chi connectivity index (χ0n) is 8.67. The summed E-state index contributed by atoms with van der Waals surface area (Å²) in [5.74, 6) is 2.09. The van der Waals surface area contributed by atoms with Crippen molar-refractivity contribution in [1.82, 2.24) is 0 Å². The lowest BCUT2D eigenvalue weighted by molar-refractivity contribution is 0.139. The molecule has 0 aliphatic heterocycles. The fourth-order valence-corrected chi connectivity index (χ4v) is 2.67. The maximum Gasteiger partial charge on any atom is 0.0542 e. The Morgan fingerprint density at radius 3 is 2.85 bits per heavy atom. The van der Waals surface area contributed by atoms with Crippen molar-refractivity contribution in [3.05, 3.63) is 0 Å². The molecule has 0 bridgehead atoms. The van der Waals surface area contributed by atoms with E-state index in [1.165, 1.54) is 37.9 Å². The summed E-state index contributed by atoms with van der Waals surface area (Å²) in [6.45, 7) is 0. The Hall–Kier alpha value is 0.310. The SMILES string of the molecule is CSCCCC1CCCCC(O)C1. The molecular formula is C11H22OS. The Balaban J connectivity index is 2.15. The predicted octanol–water partition coefficient (Wildman–Crippen LogP) is 3.07. The number of rotatable bonds is 4. The van der Waals surface area contributed by atoms with Gasteiger partial charge in [-0.05, 0) is 43.6 Å². The standard InChI is InChI=1S/C11H22OS/c1-13-8-4-6-10-5-2-3-7-11(12)9-10/h10-12H,2-9H2,1H3. The van der Waals surface area contributed by atoms with Crippen molar-refractivity contribution in [3.63, 3.8) is 0 Å². The Bertz CT molecular complexity index is 127. The largest absolute Gasteiger partial charge is 0.393 e. The van der Waals surface area contributed by atoms with Crippen LogP contribution in [0.1, 0.15) is 44.9 Å². The molecule has 0 heterocycles. The maximum absolute atomic E-state index is 9.61. The lowest BCUT2D eigenvalue weighted by Gasteiger charge is -2.15. The van der Waals surface area contributed by atoms with Crippen LogP contribution in [-0.4, -0.2) is 23.2 Å². The van der Waals surface area contributed by atoms with E-state index in [4.69, 9.17) is 0 Å². The summed E-state index contributed by atoms with van der Waals surface area (Å²) >= 11 is 1.93. The highest BCUT2D eigenvalue weighted by Gasteiger charge is 2.17. The molecule has 0 spiro atoms. The third kappa shape index (κ3) is 4.92. The van der Waals surface area contributed by atoms with Gasteiger partial charge in [-0.2, -0.15) is 11.8 Å². The molecule has 2 heteroatoms. The van der Waals surface area contributed by atoms with Crippen LogP contribution in [0.2, 0.25) is 0 Å². The zero-order chi connectivity index (χ0) is 9.52. The quantitative estimate of drug-likeness (QED) is 0.558. The van der Waals surface area contributed by atoms with Crippen molar-refractivity contribution < 1.29 is 5.11 Å². The van der Waals surface area contributed by atoms with Crippen molar-refractivity contribution in [2.45, 2.75) is 51.0 Å². The molecule has 78 valence electrons. The minimum absolute atomic E-state index is 0.00165. The van der Waals surface area contributed by atoms with Crippen LogP contribution in [0, 0.1) is 5.92 Å². The molecule has 0 saturated heterocycles. The lowest BCUT2D eigenvalue weighted by Crippen LogP contribution is -2.10. The van der Waals surface area contributed by atoms with E-state index in [-0.39, 0.29) is 6.10 Å². The van der Waals surface area contributed by atoms with Gasteiger partial charge in [0.15, 0.2) is 0 Å². The molecule has 1 aliphatic rings. The molecular weight excluding hydrogens is 180 g/mol. The first-order valence-corrected chi connectivity index (χ1v) is 6.89. The second-order valence-corrected chi connectivity index (χ2v) is 5.16. The van der Waals surface area contributed by atoms with Gasteiger partial charge in [-0.25, -0.2) is 0 Å². The van der Waals surface area contributed by atoms with Gasteiger partial charge < -0.3 is 5.11 Å². The highest BCUT2D eigenvalue weighted by atomic mass is 32.2. The summed E-state index contributed by atoms with van der Waals surface area (Å²) in [6, 6.07) is 0. The van der Waals surface area contributed by atoms with E-state index < -0.39 is 0 Å². The van der Waals surface area contributed by atoms with Crippen LogP contribution < -0.4 is 0 Å². The van der Waals surface area contributed by atoms with Crippen LogP contribution in [0.3, 0.4) is 0 Å². The molecule has 0 radical (unpaired) electrons. The van der Waals surface area contributed by atoms with Gasteiger partial charge in [-0.15, -0.1) is 0 Å². The second kappa shape index (κ2) is 6.72. The average Bonchev–Trinajstić information content (AvgIpc) is 2.31. The third-order valence-electron chi connectivity index (χ3n) is 2.97. The van der Waals surface area contributed by atoms with Crippen molar-refractivity contribution in [2.75, 3.05) is 12.0 Å². The fraction of sp³-hybridized carbons (Fsp3) is 1.00. The monoisotopic (exact) mass is 202 g/mol. The first-order chi connectivity index (χ1) is 6.33. The molecule has 0 aromatic carbocycles. The van der Waals surface area contributed by atoms with Crippen LogP contribution in [0.5, 0.6) is 0 Å². The normalized spacial score (nSPS) is 30.0. The molecule has 0 amide bonds. The third-order valence-corrected chi connectivity index (χ3v) is 3.66.